The molecule has 1 saturated heterocycles. The van der Waals surface area contributed by atoms with E-state index < -0.39 is 30.4 Å². The van der Waals surface area contributed by atoms with Gasteiger partial charge in [-0.3, -0.25) is 9.59 Å². The molecular weight excluding hydrogens is 616 g/mol. The van der Waals surface area contributed by atoms with Crippen molar-refractivity contribution in [3.05, 3.63) is 24.3 Å². The quantitative estimate of drug-likeness (QED) is 0.0393. The second-order valence-electron chi connectivity index (χ2n) is 14.2. The Labute approximate surface area is 301 Å². The van der Waals surface area contributed by atoms with E-state index >= 15 is 0 Å². The first-order valence-corrected chi connectivity index (χ1v) is 20.6. The highest BCUT2D eigenvalue weighted by molar-refractivity contribution is 5.70. The van der Waals surface area contributed by atoms with E-state index in [1.54, 1.807) is 0 Å². The summed E-state index contributed by atoms with van der Waals surface area (Å²) >= 11 is 0. The lowest BCUT2D eigenvalue weighted by molar-refractivity contribution is -0.164. The molecule has 4 atom stereocenters. The monoisotopic (exact) mass is 693 g/mol. The maximum Gasteiger partial charge on any atom is 0.306 e. The molecule has 0 aromatic rings. The summed E-state index contributed by atoms with van der Waals surface area (Å²) in [4.78, 5) is 24.7. The van der Waals surface area contributed by atoms with Gasteiger partial charge in [-0.25, -0.2) is 0 Å². The number of allylic oxidation sites excluding steroid dienone is 4. The first-order valence-electron chi connectivity index (χ1n) is 20.6. The van der Waals surface area contributed by atoms with Crippen LogP contribution in [0.15, 0.2) is 24.3 Å². The predicted octanol–water partition coefficient (Wildman–Crippen LogP) is 10.6. The Morgan fingerprint density at radius 3 is 1.45 bits per heavy atom. The molecule has 7 heteroatoms. The van der Waals surface area contributed by atoms with Gasteiger partial charge in [-0.1, -0.05) is 141 Å². The SMILES string of the molecule is CCCCCCCC/C=C\CCCCCCCC(=O)OCC(O)C1OCC(O)C1OC(=O)CCCCCCC/C=C\CCCCCCCC. The van der Waals surface area contributed by atoms with Crippen LogP contribution >= 0.6 is 0 Å². The third kappa shape index (κ3) is 26.7. The van der Waals surface area contributed by atoms with E-state index in [1.165, 1.54) is 103 Å². The Balaban J connectivity index is 2.05. The summed E-state index contributed by atoms with van der Waals surface area (Å²) in [6.07, 6.45) is 36.8. The van der Waals surface area contributed by atoms with E-state index in [0.29, 0.717) is 6.42 Å². The van der Waals surface area contributed by atoms with Crippen LogP contribution in [-0.2, 0) is 23.8 Å². The molecule has 286 valence electrons. The highest BCUT2D eigenvalue weighted by Crippen LogP contribution is 2.23. The molecule has 2 N–H and O–H groups in total. The normalized spacial score (nSPS) is 18.5. The van der Waals surface area contributed by atoms with Gasteiger partial charge in [0.2, 0.25) is 0 Å². The zero-order valence-corrected chi connectivity index (χ0v) is 31.8. The molecule has 1 aliphatic heterocycles. The Kier molecular flexibility index (Phi) is 30.9. The fourth-order valence-electron chi connectivity index (χ4n) is 6.33. The maximum atomic E-state index is 12.5. The van der Waals surface area contributed by atoms with Gasteiger partial charge < -0.3 is 24.4 Å². The zero-order valence-electron chi connectivity index (χ0n) is 31.8. The van der Waals surface area contributed by atoms with Gasteiger partial charge in [0.1, 0.15) is 24.9 Å². The second kappa shape index (κ2) is 33.4. The third-order valence-electron chi connectivity index (χ3n) is 9.51. The summed E-state index contributed by atoms with van der Waals surface area (Å²) in [7, 11) is 0. The van der Waals surface area contributed by atoms with Gasteiger partial charge in [-0.05, 0) is 64.2 Å². The number of hydrogen-bond acceptors (Lipinski definition) is 7. The lowest BCUT2D eigenvalue weighted by atomic mass is 10.1. The highest BCUT2D eigenvalue weighted by atomic mass is 16.6. The molecule has 1 heterocycles. The molecule has 0 radical (unpaired) electrons. The molecular formula is C42H76O7. The number of aliphatic hydroxyl groups is 2. The topological polar surface area (TPSA) is 102 Å². The van der Waals surface area contributed by atoms with Crippen LogP contribution < -0.4 is 0 Å². The van der Waals surface area contributed by atoms with Crippen LogP contribution in [0.3, 0.4) is 0 Å². The van der Waals surface area contributed by atoms with Gasteiger partial charge in [-0.2, -0.15) is 0 Å². The number of ether oxygens (including phenoxy) is 3. The van der Waals surface area contributed by atoms with Crippen LogP contribution in [0.5, 0.6) is 0 Å². The van der Waals surface area contributed by atoms with E-state index in [-0.39, 0.29) is 25.6 Å². The molecule has 1 aliphatic rings. The highest BCUT2D eigenvalue weighted by Gasteiger charge is 2.43. The minimum Gasteiger partial charge on any atom is -0.463 e. The molecule has 0 aromatic carbocycles. The summed E-state index contributed by atoms with van der Waals surface area (Å²) in [5.74, 6) is -0.751. The summed E-state index contributed by atoms with van der Waals surface area (Å²) in [5.41, 5.74) is 0. The van der Waals surface area contributed by atoms with Crippen molar-refractivity contribution in [2.24, 2.45) is 0 Å². The van der Waals surface area contributed by atoms with Crippen LogP contribution in [0.25, 0.3) is 0 Å². The number of aliphatic hydroxyl groups excluding tert-OH is 2. The molecule has 0 amide bonds. The van der Waals surface area contributed by atoms with Crippen LogP contribution in [0.1, 0.15) is 194 Å². The molecule has 1 rings (SSSR count). The van der Waals surface area contributed by atoms with E-state index in [1.807, 2.05) is 0 Å². The Morgan fingerprint density at radius 2 is 1.00 bits per heavy atom. The molecule has 0 aliphatic carbocycles. The van der Waals surface area contributed by atoms with Gasteiger partial charge in [0, 0.05) is 12.8 Å². The van der Waals surface area contributed by atoms with Crippen LogP contribution in [-0.4, -0.2) is 59.8 Å². The largest absolute Gasteiger partial charge is 0.463 e. The molecule has 0 saturated carbocycles. The third-order valence-corrected chi connectivity index (χ3v) is 9.51. The van der Waals surface area contributed by atoms with Gasteiger partial charge in [0.25, 0.3) is 0 Å². The summed E-state index contributed by atoms with van der Waals surface area (Å²) in [5, 5.41) is 20.9. The molecule has 7 nitrogen and oxygen atoms in total. The fraction of sp³-hybridized carbons (Fsp3) is 0.857. The Bertz CT molecular complexity index is 826. The van der Waals surface area contributed by atoms with E-state index in [0.717, 1.165) is 64.2 Å². The van der Waals surface area contributed by atoms with Crippen LogP contribution in [0.2, 0.25) is 0 Å². The van der Waals surface area contributed by atoms with Crippen LogP contribution in [0.4, 0.5) is 0 Å². The minimum absolute atomic E-state index is 0.0318. The maximum absolute atomic E-state index is 12.5. The van der Waals surface area contributed by atoms with Gasteiger partial charge in [0.15, 0.2) is 6.10 Å². The van der Waals surface area contributed by atoms with Crippen molar-refractivity contribution in [3.8, 4) is 0 Å². The van der Waals surface area contributed by atoms with Crippen molar-refractivity contribution < 1.29 is 34.0 Å². The average Bonchev–Trinajstić information content (AvgIpc) is 3.46. The number of carbonyl (C=O) groups excluding carboxylic acids is 2. The fourth-order valence-corrected chi connectivity index (χ4v) is 6.33. The predicted molar refractivity (Wildman–Crippen MR) is 201 cm³/mol. The van der Waals surface area contributed by atoms with Gasteiger partial charge in [0.05, 0.1) is 6.61 Å². The first kappa shape index (κ1) is 45.3. The van der Waals surface area contributed by atoms with Crippen molar-refractivity contribution in [2.45, 2.75) is 218 Å². The zero-order chi connectivity index (χ0) is 35.6. The first-order chi connectivity index (χ1) is 24.0. The summed E-state index contributed by atoms with van der Waals surface area (Å²) in [6, 6.07) is 0. The smallest absolute Gasteiger partial charge is 0.306 e. The average molecular weight is 693 g/mol. The van der Waals surface area contributed by atoms with E-state index in [9.17, 15) is 19.8 Å². The number of hydrogen-bond donors (Lipinski definition) is 2. The molecule has 0 spiro atoms. The lowest BCUT2D eigenvalue weighted by Gasteiger charge is -2.24. The lowest BCUT2D eigenvalue weighted by Crippen LogP contribution is -2.44. The van der Waals surface area contributed by atoms with Crippen molar-refractivity contribution in [3.63, 3.8) is 0 Å². The van der Waals surface area contributed by atoms with E-state index in [2.05, 4.69) is 38.2 Å². The number of carbonyl (C=O) groups is 2. The summed E-state index contributed by atoms with van der Waals surface area (Å²) in [6.45, 7) is 4.23. The van der Waals surface area contributed by atoms with Crippen molar-refractivity contribution >= 4 is 11.9 Å². The number of rotatable bonds is 34. The Hall–Kier alpha value is -1.70. The molecule has 4 unspecified atom stereocenters. The molecule has 0 aromatic heterocycles. The number of esters is 2. The minimum atomic E-state index is -1.17. The molecule has 1 fully saturated rings. The van der Waals surface area contributed by atoms with Crippen molar-refractivity contribution in [2.75, 3.05) is 13.2 Å². The standard InChI is InChI=1S/C42H76O7/c1-3-5-7-9-11-13-15-17-19-21-23-25-27-29-31-33-39(45)47-35-37(43)41-42(38(44)36-48-41)49-40(46)34-32-30-28-26-24-22-20-18-16-14-12-10-8-6-4-2/h17-20,37-38,41-44H,3-16,21-36H2,1-2H3/b19-17-,20-18-. The van der Waals surface area contributed by atoms with E-state index in [4.69, 9.17) is 14.2 Å². The second-order valence-corrected chi connectivity index (χ2v) is 14.2. The summed E-state index contributed by atoms with van der Waals surface area (Å²) < 4.78 is 16.3. The van der Waals surface area contributed by atoms with Crippen molar-refractivity contribution in [1.82, 2.24) is 0 Å². The number of unbranched alkanes of at least 4 members (excludes halogenated alkanes) is 22. The van der Waals surface area contributed by atoms with Gasteiger partial charge >= 0.3 is 11.9 Å². The van der Waals surface area contributed by atoms with Gasteiger partial charge in [-0.15, -0.1) is 0 Å². The van der Waals surface area contributed by atoms with Crippen LogP contribution in [0, 0.1) is 0 Å². The Morgan fingerprint density at radius 1 is 0.612 bits per heavy atom. The van der Waals surface area contributed by atoms with Crippen molar-refractivity contribution in [1.29, 1.82) is 0 Å². The molecule has 0 bridgehead atoms. The molecule has 49 heavy (non-hydrogen) atoms.